The summed E-state index contributed by atoms with van der Waals surface area (Å²) in [6.45, 7) is 4.84. The maximum atomic E-state index is 12.0. The van der Waals surface area contributed by atoms with Crippen LogP contribution in [0.2, 0.25) is 5.02 Å². The quantitative estimate of drug-likeness (QED) is 0.389. The van der Waals surface area contributed by atoms with Gasteiger partial charge in [-0.05, 0) is 65.1 Å². The highest BCUT2D eigenvalue weighted by Crippen LogP contribution is 2.23. The number of nitrogens with one attached hydrogen (secondary N) is 1. The number of nitrogens with zero attached hydrogens (tertiary/aromatic N) is 1. The van der Waals surface area contributed by atoms with Gasteiger partial charge in [0.2, 0.25) is 0 Å². The summed E-state index contributed by atoms with van der Waals surface area (Å²) in [6.07, 6.45) is 1.54. The summed E-state index contributed by atoms with van der Waals surface area (Å²) in [5, 5.41) is 13.5. The molecule has 0 saturated heterocycles. The van der Waals surface area contributed by atoms with Gasteiger partial charge in [0.25, 0.3) is 5.91 Å². The van der Waals surface area contributed by atoms with Crippen LogP contribution < -0.4 is 10.2 Å². The molecule has 0 heterocycles. The largest absolute Gasteiger partial charge is 0.506 e. The summed E-state index contributed by atoms with van der Waals surface area (Å²) in [4.78, 5) is 12.0. The highest BCUT2D eigenvalue weighted by molar-refractivity contribution is 6.32. The highest BCUT2D eigenvalue weighted by Gasteiger charge is 2.07. The van der Waals surface area contributed by atoms with Crippen molar-refractivity contribution < 1.29 is 14.6 Å². The van der Waals surface area contributed by atoms with Crippen molar-refractivity contribution in [2.45, 2.75) is 26.4 Å². The van der Waals surface area contributed by atoms with E-state index in [9.17, 15) is 9.90 Å². The molecule has 0 bridgehead atoms. The minimum atomic E-state index is -0.420. The van der Waals surface area contributed by atoms with Crippen LogP contribution in [0.15, 0.2) is 71.8 Å². The molecule has 0 unspecified atom stereocenters. The van der Waals surface area contributed by atoms with Crippen molar-refractivity contribution in [3.05, 3.63) is 94.0 Å². The van der Waals surface area contributed by atoms with Gasteiger partial charge in [0.1, 0.15) is 18.1 Å². The van der Waals surface area contributed by atoms with Crippen molar-refractivity contribution in [1.82, 2.24) is 5.43 Å². The molecule has 3 rings (SSSR count). The van der Waals surface area contributed by atoms with Gasteiger partial charge in [-0.25, -0.2) is 5.43 Å². The Bertz CT molecular complexity index is 1030. The third-order valence-corrected chi connectivity index (χ3v) is 4.82. The summed E-state index contributed by atoms with van der Waals surface area (Å²) in [7, 11) is 0. The van der Waals surface area contributed by atoms with Crippen molar-refractivity contribution in [2.24, 2.45) is 5.10 Å². The Morgan fingerprint density at radius 3 is 2.43 bits per heavy atom. The molecule has 154 valence electrons. The molecule has 0 fully saturated rings. The zero-order valence-electron chi connectivity index (χ0n) is 16.8. The number of hydrogen-bond acceptors (Lipinski definition) is 4. The second-order valence-electron chi connectivity index (χ2n) is 7.12. The Balaban J connectivity index is 1.51. The molecule has 0 radical (unpaired) electrons. The predicted molar refractivity (Wildman–Crippen MR) is 119 cm³/mol. The van der Waals surface area contributed by atoms with Gasteiger partial charge in [-0.3, -0.25) is 4.79 Å². The van der Waals surface area contributed by atoms with Crippen molar-refractivity contribution in [3.8, 4) is 11.5 Å². The average Bonchev–Trinajstić information content (AvgIpc) is 2.75. The van der Waals surface area contributed by atoms with E-state index in [4.69, 9.17) is 16.3 Å². The second-order valence-corrected chi connectivity index (χ2v) is 7.53. The number of carbonyl (C=O) groups is 1. The number of ether oxygens (including phenoxy) is 1. The van der Waals surface area contributed by atoms with Gasteiger partial charge in [-0.15, -0.1) is 0 Å². The lowest BCUT2D eigenvalue weighted by atomic mass is 10.0. The van der Waals surface area contributed by atoms with Crippen LogP contribution in [-0.4, -0.2) is 17.2 Å². The molecular formula is C24H23ClN2O3. The average molecular weight is 423 g/mol. The number of phenols is 1. The monoisotopic (exact) mass is 422 g/mol. The zero-order valence-corrected chi connectivity index (χ0v) is 17.6. The van der Waals surface area contributed by atoms with Crippen molar-refractivity contribution in [2.75, 3.05) is 0 Å². The van der Waals surface area contributed by atoms with Gasteiger partial charge in [0, 0.05) is 5.56 Å². The van der Waals surface area contributed by atoms with Crippen LogP contribution in [0.5, 0.6) is 11.5 Å². The van der Waals surface area contributed by atoms with E-state index in [0.29, 0.717) is 18.1 Å². The third-order valence-electron chi connectivity index (χ3n) is 4.52. The first-order valence-electron chi connectivity index (χ1n) is 9.56. The lowest BCUT2D eigenvalue weighted by molar-refractivity contribution is 0.0955. The standard InChI is InChI=1S/C24H23ClN2O3/c1-16(2)19-7-3-18(4-8-19)15-30-21-10-5-17(6-11-21)14-26-27-24(29)20-9-12-23(28)22(25)13-20/h3-14,16,28H,15H2,1-2H3,(H,27,29)/b26-14+. The second kappa shape index (κ2) is 9.94. The lowest BCUT2D eigenvalue weighted by Crippen LogP contribution is -2.17. The van der Waals surface area contributed by atoms with Crippen molar-refractivity contribution in [1.29, 1.82) is 0 Å². The number of benzene rings is 3. The minimum Gasteiger partial charge on any atom is -0.506 e. The van der Waals surface area contributed by atoms with Crippen LogP contribution in [0.3, 0.4) is 0 Å². The molecule has 0 aromatic heterocycles. The highest BCUT2D eigenvalue weighted by atomic mass is 35.5. The molecule has 0 spiro atoms. The SMILES string of the molecule is CC(C)c1ccc(COc2ccc(/C=N/NC(=O)c3ccc(O)c(Cl)c3)cc2)cc1. The molecule has 30 heavy (non-hydrogen) atoms. The van der Waals surface area contributed by atoms with E-state index in [1.54, 1.807) is 0 Å². The third kappa shape index (κ3) is 5.84. The Morgan fingerprint density at radius 2 is 1.80 bits per heavy atom. The number of carbonyl (C=O) groups excluding carboxylic acids is 1. The number of halogens is 1. The Morgan fingerprint density at radius 1 is 1.10 bits per heavy atom. The molecule has 5 nitrogen and oxygen atoms in total. The fraction of sp³-hybridized carbons (Fsp3) is 0.167. The van der Waals surface area contributed by atoms with Crippen molar-refractivity contribution in [3.63, 3.8) is 0 Å². The van der Waals surface area contributed by atoms with E-state index >= 15 is 0 Å². The predicted octanol–water partition coefficient (Wildman–Crippen LogP) is 5.51. The summed E-state index contributed by atoms with van der Waals surface area (Å²) >= 11 is 5.81. The Hall–Kier alpha value is -3.31. The Kier molecular flexibility index (Phi) is 7.09. The number of phenolic OH excluding ortho intramolecular Hbond substituents is 1. The topological polar surface area (TPSA) is 70.9 Å². The molecular weight excluding hydrogens is 400 g/mol. The van der Waals surface area contributed by atoms with Crippen LogP contribution in [0, 0.1) is 0 Å². The van der Waals surface area contributed by atoms with E-state index in [0.717, 1.165) is 16.9 Å². The summed E-state index contributed by atoms with van der Waals surface area (Å²) in [5.41, 5.74) is 5.97. The van der Waals surface area contributed by atoms with E-state index in [1.807, 2.05) is 24.3 Å². The van der Waals surface area contributed by atoms with Crippen LogP contribution in [0.4, 0.5) is 0 Å². The maximum absolute atomic E-state index is 12.0. The van der Waals surface area contributed by atoms with E-state index in [-0.39, 0.29) is 10.8 Å². The van der Waals surface area contributed by atoms with Gasteiger partial charge < -0.3 is 9.84 Å². The number of rotatable bonds is 7. The molecule has 0 aliphatic carbocycles. The smallest absolute Gasteiger partial charge is 0.271 e. The van der Waals surface area contributed by atoms with Gasteiger partial charge in [-0.1, -0.05) is 49.7 Å². The molecule has 3 aromatic carbocycles. The van der Waals surface area contributed by atoms with Gasteiger partial charge in [0.15, 0.2) is 0 Å². The van der Waals surface area contributed by atoms with Gasteiger partial charge in [-0.2, -0.15) is 5.10 Å². The first kappa shape index (κ1) is 21.4. The number of aromatic hydroxyl groups is 1. The molecule has 0 aliphatic heterocycles. The normalized spacial score (nSPS) is 11.1. The van der Waals surface area contributed by atoms with E-state index < -0.39 is 5.91 Å². The molecule has 2 N–H and O–H groups in total. The van der Waals surface area contributed by atoms with Crippen LogP contribution in [0.1, 0.15) is 46.8 Å². The van der Waals surface area contributed by atoms with Crippen molar-refractivity contribution >= 4 is 23.7 Å². The Labute approximate surface area is 181 Å². The number of amides is 1. The number of hydrazone groups is 1. The maximum Gasteiger partial charge on any atom is 0.271 e. The summed E-state index contributed by atoms with van der Waals surface area (Å²) < 4.78 is 5.82. The molecule has 6 heteroatoms. The molecule has 0 atom stereocenters. The first-order valence-corrected chi connectivity index (χ1v) is 9.94. The molecule has 3 aromatic rings. The fourth-order valence-corrected chi connectivity index (χ4v) is 2.87. The first-order chi connectivity index (χ1) is 14.4. The van der Waals surface area contributed by atoms with Gasteiger partial charge in [0.05, 0.1) is 11.2 Å². The van der Waals surface area contributed by atoms with Gasteiger partial charge >= 0.3 is 0 Å². The molecule has 1 amide bonds. The van der Waals surface area contributed by atoms with Crippen LogP contribution >= 0.6 is 11.6 Å². The molecule has 0 saturated carbocycles. The zero-order chi connectivity index (χ0) is 21.5. The fourth-order valence-electron chi connectivity index (χ4n) is 2.69. The molecule has 0 aliphatic rings. The van der Waals surface area contributed by atoms with E-state index in [2.05, 4.69) is 48.6 Å². The van der Waals surface area contributed by atoms with Crippen LogP contribution in [0.25, 0.3) is 0 Å². The minimum absolute atomic E-state index is 0.0772. The summed E-state index contributed by atoms with van der Waals surface area (Å²) in [6, 6.07) is 20.0. The van der Waals surface area contributed by atoms with E-state index in [1.165, 1.54) is 30.0 Å². The van der Waals surface area contributed by atoms with Crippen LogP contribution in [-0.2, 0) is 6.61 Å². The lowest BCUT2D eigenvalue weighted by Gasteiger charge is -2.09. The summed E-state index contributed by atoms with van der Waals surface area (Å²) in [5.74, 6) is 0.767. The number of hydrogen-bond donors (Lipinski definition) is 2.